The first kappa shape index (κ1) is 24.1. The van der Waals surface area contributed by atoms with Crippen LogP contribution in [0.5, 0.6) is 0 Å². The predicted molar refractivity (Wildman–Crippen MR) is 116 cm³/mol. The van der Waals surface area contributed by atoms with Gasteiger partial charge in [0.1, 0.15) is 11.9 Å². The fourth-order valence-electron chi connectivity index (χ4n) is 4.29. The molecule has 2 aliphatic carbocycles. The van der Waals surface area contributed by atoms with Crippen LogP contribution in [0.15, 0.2) is 29.7 Å². The molecule has 0 bridgehead atoms. The number of benzene rings is 1. The Morgan fingerprint density at radius 3 is 2.58 bits per heavy atom. The van der Waals surface area contributed by atoms with Crippen LogP contribution in [-0.2, 0) is 28.0 Å². The average Bonchev–Trinajstić information content (AvgIpc) is 3.23. The monoisotopic (exact) mass is 508 g/mol. The molecule has 6 atom stereocenters. The van der Waals surface area contributed by atoms with Crippen molar-refractivity contribution in [3.05, 3.63) is 40.1 Å². The molecule has 168 valence electrons. The maximum atomic E-state index is 12.2. The molecule has 13 heteroatoms. The molecule has 4 rings (SSSR count). The number of carboxylic acids is 2. The Morgan fingerprint density at radius 1 is 1.32 bits per heavy atom. The topological polar surface area (TPSA) is 141 Å². The number of fused-ring (bicyclic) bond motifs is 1. The third kappa shape index (κ3) is 4.12. The zero-order valence-corrected chi connectivity index (χ0v) is 19.2. The molecule has 0 aliphatic heterocycles. The minimum absolute atomic E-state index is 0. The van der Waals surface area contributed by atoms with Crippen LogP contribution in [0.3, 0.4) is 0 Å². The molecule has 0 unspecified atom stereocenters. The molecule has 0 saturated heterocycles. The lowest BCUT2D eigenvalue weighted by Gasteiger charge is -2.34. The van der Waals surface area contributed by atoms with Gasteiger partial charge in [0.25, 0.3) is 0 Å². The molecule has 2 aliphatic rings. The molecule has 31 heavy (non-hydrogen) atoms. The summed E-state index contributed by atoms with van der Waals surface area (Å²) < 4.78 is 7.51. The fourth-order valence-corrected chi connectivity index (χ4v) is 6.06. The van der Waals surface area contributed by atoms with Gasteiger partial charge in [-0.3, -0.25) is 14.3 Å². The van der Waals surface area contributed by atoms with Gasteiger partial charge in [-0.2, -0.15) is 0 Å². The summed E-state index contributed by atoms with van der Waals surface area (Å²) in [7, 11) is 1.70. The van der Waals surface area contributed by atoms with E-state index in [1.807, 2.05) is 0 Å². The van der Waals surface area contributed by atoms with Gasteiger partial charge in [-0.1, -0.05) is 41.0 Å². The number of ether oxygens (including phenoxy) is 1. The predicted octanol–water partition coefficient (Wildman–Crippen LogP) is 2.33. The number of thioether (sulfide) groups is 1. The molecule has 0 spiro atoms. The number of carbonyl (C=O) groups is 2. The first-order valence-corrected chi connectivity index (χ1v) is 10.6. The lowest BCUT2D eigenvalue weighted by Crippen LogP contribution is -2.61. The van der Waals surface area contributed by atoms with Crippen LogP contribution in [0.1, 0.15) is 5.56 Å². The van der Waals surface area contributed by atoms with Crippen molar-refractivity contribution in [2.24, 2.45) is 30.5 Å². The van der Waals surface area contributed by atoms with E-state index in [2.05, 4.69) is 10.1 Å². The van der Waals surface area contributed by atoms with E-state index < -0.39 is 46.6 Å². The highest BCUT2D eigenvalue weighted by Crippen LogP contribution is 2.65. The Kier molecular flexibility index (Phi) is 6.81. The second kappa shape index (κ2) is 8.76. The minimum atomic E-state index is -1.85. The first-order valence-electron chi connectivity index (χ1n) is 8.97. The molecular formula is C18H19Cl3N4O5S. The van der Waals surface area contributed by atoms with E-state index in [0.29, 0.717) is 20.8 Å². The number of nitrogens with two attached hydrogens (primary N) is 1. The number of aliphatic carboxylic acids is 2. The highest BCUT2D eigenvalue weighted by atomic mass is 35.5. The number of rotatable bonds is 7. The molecule has 4 N–H and O–H groups in total. The van der Waals surface area contributed by atoms with Gasteiger partial charge in [-0.25, -0.2) is 4.98 Å². The molecule has 1 aromatic carbocycles. The SMILES string of the molecule is Cl.Cn1cnc(S[C@H]2[C@H]3[C@H](C(=O)O)[C@H]3[C@](N)(C(=O)O)[C@@H]2OCc2ccc(Cl)c(Cl)c2)n1. The standard InChI is InChI=1S/C18H18Cl2N4O5S.ClH/c1-24-6-22-17(23-24)30-13-10-11(15(25)26)12(10)18(21,16(27)28)14(13)29-5-7-2-3-8(19)9(20)4-7;/h2-4,6,10-14H,5,21H2,1H3,(H,25,26)(H,27,28);1H/t10-,11-,12-,13-,14+,18+;/m0./s1. The summed E-state index contributed by atoms with van der Waals surface area (Å²) in [5.74, 6) is -4.41. The molecule has 1 aromatic heterocycles. The molecule has 2 aromatic rings. The van der Waals surface area contributed by atoms with Crippen molar-refractivity contribution >= 4 is 59.3 Å². The van der Waals surface area contributed by atoms with E-state index >= 15 is 0 Å². The Morgan fingerprint density at radius 2 is 2.03 bits per heavy atom. The van der Waals surface area contributed by atoms with Gasteiger partial charge in [0.2, 0.25) is 5.16 Å². The van der Waals surface area contributed by atoms with E-state index in [-0.39, 0.29) is 19.0 Å². The van der Waals surface area contributed by atoms with Crippen LogP contribution >= 0.6 is 47.4 Å². The lowest BCUT2D eigenvalue weighted by atomic mass is 9.88. The highest BCUT2D eigenvalue weighted by molar-refractivity contribution is 7.99. The second-order valence-electron chi connectivity index (χ2n) is 7.47. The third-order valence-electron chi connectivity index (χ3n) is 5.66. The van der Waals surface area contributed by atoms with Crippen molar-refractivity contribution in [1.29, 1.82) is 0 Å². The van der Waals surface area contributed by atoms with E-state index in [0.717, 1.165) is 0 Å². The van der Waals surface area contributed by atoms with Crippen LogP contribution in [0, 0.1) is 17.8 Å². The van der Waals surface area contributed by atoms with E-state index in [4.69, 9.17) is 33.7 Å². The number of halogens is 3. The van der Waals surface area contributed by atoms with Gasteiger partial charge in [-0.05, 0) is 23.6 Å². The number of nitrogens with zero attached hydrogens (tertiary/aromatic N) is 3. The van der Waals surface area contributed by atoms with Crippen molar-refractivity contribution in [1.82, 2.24) is 14.8 Å². The Labute approximate surface area is 197 Å². The molecule has 0 amide bonds. The van der Waals surface area contributed by atoms with Crippen LogP contribution < -0.4 is 5.73 Å². The van der Waals surface area contributed by atoms with Gasteiger partial charge >= 0.3 is 11.9 Å². The molecule has 1 heterocycles. The van der Waals surface area contributed by atoms with Crippen LogP contribution in [0.4, 0.5) is 0 Å². The van der Waals surface area contributed by atoms with Crippen molar-refractivity contribution in [2.45, 2.75) is 28.7 Å². The summed E-state index contributed by atoms with van der Waals surface area (Å²) in [6.07, 6.45) is 0.554. The molecule has 2 saturated carbocycles. The maximum absolute atomic E-state index is 12.2. The van der Waals surface area contributed by atoms with E-state index in [1.54, 1.807) is 25.2 Å². The molecule has 9 nitrogen and oxygen atoms in total. The fraction of sp³-hybridized carbons (Fsp3) is 0.444. The normalized spacial score (nSPS) is 31.0. The van der Waals surface area contributed by atoms with Gasteiger partial charge in [-0.15, -0.1) is 17.5 Å². The van der Waals surface area contributed by atoms with Gasteiger partial charge in [0.15, 0.2) is 0 Å². The van der Waals surface area contributed by atoms with E-state index in [9.17, 15) is 19.8 Å². The lowest BCUT2D eigenvalue weighted by molar-refractivity contribution is -0.152. The van der Waals surface area contributed by atoms with Gasteiger partial charge in [0.05, 0.1) is 28.7 Å². The van der Waals surface area contributed by atoms with Crippen molar-refractivity contribution in [2.75, 3.05) is 0 Å². The Balaban J connectivity index is 0.00000272. The summed E-state index contributed by atoms with van der Waals surface area (Å²) in [6, 6.07) is 4.96. The number of aromatic nitrogens is 3. The quantitative estimate of drug-likeness (QED) is 0.513. The van der Waals surface area contributed by atoms with Crippen LogP contribution in [0.2, 0.25) is 10.0 Å². The zero-order chi connectivity index (χ0) is 21.8. The van der Waals surface area contributed by atoms with Crippen molar-refractivity contribution in [3.63, 3.8) is 0 Å². The van der Waals surface area contributed by atoms with Crippen LogP contribution in [-0.4, -0.2) is 53.8 Å². The Hall–Kier alpha value is -1.56. The Bertz CT molecular complexity index is 1020. The first-order chi connectivity index (χ1) is 14.1. The van der Waals surface area contributed by atoms with Crippen LogP contribution in [0.25, 0.3) is 0 Å². The average molecular weight is 510 g/mol. The summed E-state index contributed by atoms with van der Waals surface area (Å²) >= 11 is 13.2. The van der Waals surface area contributed by atoms with E-state index in [1.165, 1.54) is 22.8 Å². The maximum Gasteiger partial charge on any atom is 0.326 e. The summed E-state index contributed by atoms with van der Waals surface area (Å²) in [6.45, 7) is 0.0394. The van der Waals surface area contributed by atoms with Gasteiger partial charge < -0.3 is 20.7 Å². The van der Waals surface area contributed by atoms with Gasteiger partial charge in [0, 0.05) is 18.2 Å². The zero-order valence-electron chi connectivity index (χ0n) is 16.0. The highest BCUT2D eigenvalue weighted by Gasteiger charge is 2.78. The summed E-state index contributed by atoms with van der Waals surface area (Å²) in [4.78, 5) is 28.0. The second-order valence-corrected chi connectivity index (χ2v) is 9.43. The number of hydrogen-bond donors (Lipinski definition) is 3. The third-order valence-corrected chi connectivity index (χ3v) is 7.64. The van der Waals surface area contributed by atoms with Crippen molar-refractivity contribution < 1.29 is 24.5 Å². The molecule has 0 radical (unpaired) electrons. The number of aryl methyl sites for hydroxylation is 1. The molecule has 2 fully saturated rings. The molecular weight excluding hydrogens is 491 g/mol. The van der Waals surface area contributed by atoms with Crippen molar-refractivity contribution in [3.8, 4) is 0 Å². The number of carboxylic acid groups (broad SMARTS) is 2. The summed E-state index contributed by atoms with van der Waals surface area (Å²) in [5.41, 5.74) is 5.17. The minimum Gasteiger partial charge on any atom is -0.481 e. The number of hydrogen-bond acceptors (Lipinski definition) is 7. The summed E-state index contributed by atoms with van der Waals surface area (Å²) in [5, 5.41) is 24.3. The largest absolute Gasteiger partial charge is 0.481 e. The smallest absolute Gasteiger partial charge is 0.326 e.